The molecule has 5 aromatic rings. The molecule has 68 heavy (non-hydrogen) atoms. The fourth-order valence-electron chi connectivity index (χ4n) is 9.10. The number of carbonyl (C=O) groups excluding carboxylic acids is 3. The molecule has 3 aromatic carbocycles. The Morgan fingerprint density at radius 2 is 1.51 bits per heavy atom. The second kappa shape index (κ2) is 24.1. The molecule has 1 aliphatic heterocycles. The topological polar surface area (TPSA) is 181 Å². The molecule has 2 N–H and O–H groups in total. The number of likely N-dealkylation sites (N-methyl/N-ethyl adjacent to an activating group) is 1. The minimum Gasteiger partial charge on any atom is -0.491 e. The molecule has 356 valence electrons. The average Bonchev–Trinajstić information content (AvgIpc) is 4.12. The summed E-state index contributed by atoms with van der Waals surface area (Å²) in [4.78, 5) is 47.4. The van der Waals surface area contributed by atoms with Gasteiger partial charge in [-0.2, -0.15) is 10.5 Å². The van der Waals surface area contributed by atoms with Crippen molar-refractivity contribution in [2.75, 3.05) is 53.2 Å². The lowest BCUT2D eigenvalue weighted by Gasteiger charge is -2.35. The van der Waals surface area contributed by atoms with E-state index in [9.17, 15) is 24.9 Å². The molecule has 2 amide bonds. The van der Waals surface area contributed by atoms with Gasteiger partial charge in [0.15, 0.2) is 0 Å². The zero-order chi connectivity index (χ0) is 48.0. The van der Waals surface area contributed by atoms with E-state index in [2.05, 4.69) is 27.3 Å². The standard InChI is InChI=1S/C53H61N7O7S/c1-35(56-4)51(62)58-49(41-10-6-5-7-11-41)53(63)59-23-9-14-47(59)52-57-46(34-68-52)50(61)42-12-8-13-44(30-42)67-29-27-65-25-24-64-26-28-66-43-21-17-39(18-22-43)33-60-36(2)45(32-55)48(37(60)3)40-19-15-38(31-54)16-20-40/h8,12-13,15-22,30,34-35,41,47,49,56H,5-7,9-11,14,23-29,33H2,1-4H3,(H,58,62)/t35-,47-,49-/m0/s1. The summed E-state index contributed by atoms with van der Waals surface area (Å²) in [6, 6.07) is 25.5. The largest absolute Gasteiger partial charge is 0.491 e. The van der Waals surface area contributed by atoms with Gasteiger partial charge >= 0.3 is 0 Å². The lowest BCUT2D eigenvalue weighted by atomic mass is 9.83. The summed E-state index contributed by atoms with van der Waals surface area (Å²) >= 11 is 1.39. The number of thiazole rings is 1. The maximum atomic E-state index is 14.2. The summed E-state index contributed by atoms with van der Waals surface area (Å²) in [5, 5.41) is 27.7. The number of ether oxygens (including phenoxy) is 4. The Labute approximate surface area is 403 Å². The molecule has 0 unspecified atom stereocenters. The van der Waals surface area contributed by atoms with Crippen molar-refractivity contribution in [1.82, 2.24) is 25.1 Å². The van der Waals surface area contributed by atoms with Crippen LogP contribution in [0.4, 0.5) is 0 Å². The first-order chi connectivity index (χ1) is 33.1. The van der Waals surface area contributed by atoms with E-state index in [0.29, 0.717) is 80.9 Å². The van der Waals surface area contributed by atoms with Crippen molar-refractivity contribution in [2.24, 2.45) is 5.92 Å². The SMILES string of the molecule is CN[C@@H](C)C(=O)N[C@H](C(=O)N1CCC[C@H]1c1nc(C(=O)c2cccc(OCCOCCOCCOc3ccc(Cn4c(C)c(C#N)c(-c5ccc(C#N)cc5)c4C)cc3)c2)cs1)C1CCCCC1. The summed E-state index contributed by atoms with van der Waals surface area (Å²) in [6.45, 7) is 9.16. The van der Waals surface area contributed by atoms with Crippen LogP contribution in [0.2, 0.25) is 0 Å². The molecular formula is C53H61N7O7S. The third-order valence-corrected chi connectivity index (χ3v) is 14.0. The van der Waals surface area contributed by atoms with Gasteiger partial charge in [-0.05, 0) is 107 Å². The monoisotopic (exact) mass is 939 g/mol. The van der Waals surface area contributed by atoms with Gasteiger partial charge in [0.1, 0.15) is 47.5 Å². The predicted octanol–water partition coefficient (Wildman–Crippen LogP) is 8.08. The molecule has 3 atom stereocenters. The van der Waals surface area contributed by atoms with Crippen LogP contribution in [0.25, 0.3) is 11.1 Å². The molecule has 15 heteroatoms. The van der Waals surface area contributed by atoms with Gasteiger partial charge in [0.2, 0.25) is 17.6 Å². The van der Waals surface area contributed by atoms with Gasteiger partial charge in [0.25, 0.3) is 0 Å². The number of nitriles is 2. The van der Waals surface area contributed by atoms with Crippen LogP contribution in [0.15, 0.2) is 78.2 Å². The first-order valence-corrected chi connectivity index (χ1v) is 24.5. The molecule has 0 bridgehead atoms. The lowest BCUT2D eigenvalue weighted by Crippen LogP contribution is -2.55. The van der Waals surface area contributed by atoms with Crippen molar-refractivity contribution in [3.8, 4) is 34.8 Å². The second-order valence-corrected chi connectivity index (χ2v) is 18.3. The molecule has 2 aromatic heterocycles. The van der Waals surface area contributed by atoms with Gasteiger partial charge in [-0.15, -0.1) is 11.3 Å². The van der Waals surface area contributed by atoms with E-state index in [-0.39, 0.29) is 29.6 Å². The number of benzene rings is 3. The van der Waals surface area contributed by atoms with E-state index < -0.39 is 12.1 Å². The Hall–Kier alpha value is -6.36. The quantitative estimate of drug-likeness (QED) is 0.0506. The summed E-state index contributed by atoms with van der Waals surface area (Å²) in [5.41, 5.74) is 6.76. The van der Waals surface area contributed by atoms with Crippen LogP contribution in [0.3, 0.4) is 0 Å². The highest BCUT2D eigenvalue weighted by Crippen LogP contribution is 2.37. The lowest BCUT2D eigenvalue weighted by molar-refractivity contribution is -0.139. The number of carbonyl (C=O) groups is 3. The van der Waals surface area contributed by atoms with Gasteiger partial charge in [-0.3, -0.25) is 14.4 Å². The van der Waals surface area contributed by atoms with Crippen molar-refractivity contribution in [1.29, 1.82) is 10.5 Å². The van der Waals surface area contributed by atoms with E-state index in [1.165, 1.54) is 11.3 Å². The van der Waals surface area contributed by atoms with Crippen LogP contribution in [0, 0.1) is 42.4 Å². The summed E-state index contributed by atoms with van der Waals surface area (Å²) in [7, 11) is 1.74. The van der Waals surface area contributed by atoms with E-state index in [4.69, 9.17) is 23.9 Å². The molecule has 2 aliphatic rings. The minimum absolute atomic E-state index is 0.0595. The zero-order valence-corrected chi connectivity index (χ0v) is 40.2. The minimum atomic E-state index is -0.581. The second-order valence-electron chi connectivity index (χ2n) is 17.4. The highest BCUT2D eigenvalue weighted by molar-refractivity contribution is 7.10. The van der Waals surface area contributed by atoms with Crippen LogP contribution in [0.5, 0.6) is 11.5 Å². The van der Waals surface area contributed by atoms with Crippen molar-refractivity contribution in [3.63, 3.8) is 0 Å². The highest BCUT2D eigenvalue weighted by atomic mass is 32.1. The molecule has 0 radical (unpaired) electrons. The van der Waals surface area contributed by atoms with Gasteiger partial charge in [-0.25, -0.2) is 4.98 Å². The molecule has 1 saturated heterocycles. The highest BCUT2D eigenvalue weighted by Gasteiger charge is 2.40. The number of hydrogen-bond acceptors (Lipinski definition) is 12. The van der Waals surface area contributed by atoms with Crippen LogP contribution in [-0.4, -0.2) is 97.4 Å². The smallest absolute Gasteiger partial charge is 0.246 e. The summed E-state index contributed by atoms with van der Waals surface area (Å²) in [5.74, 6) is 0.919. The van der Waals surface area contributed by atoms with Crippen LogP contribution < -0.4 is 20.1 Å². The Bertz CT molecular complexity index is 2590. The van der Waals surface area contributed by atoms with E-state index in [1.54, 1.807) is 55.7 Å². The Morgan fingerprint density at radius 3 is 2.19 bits per heavy atom. The Kier molecular flexibility index (Phi) is 17.5. The molecule has 3 heterocycles. The van der Waals surface area contributed by atoms with E-state index in [0.717, 1.165) is 83.8 Å². The van der Waals surface area contributed by atoms with E-state index >= 15 is 0 Å². The van der Waals surface area contributed by atoms with Gasteiger partial charge in [0, 0.05) is 41.0 Å². The molecular weight excluding hydrogens is 879 g/mol. The third kappa shape index (κ3) is 12.2. The van der Waals surface area contributed by atoms with Crippen LogP contribution in [0.1, 0.15) is 107 Å². The number of likely N-dealkylation sites (tertiary alicyclic amines) is 1. The number of ketones is 1. The number of hydrogen-bond donors (Lipinski definition) is 2. The van der Waals surface area contributed by atoms with Crippen molar-refractivity contribution < 1.29 is 33.3 Å². The van der Waals surface area contributed by atoms with Gasteiger partial charge in [0.05, 0.1) is 55.7 Å². The van der Waals surface area contributed by atoms with Crippen LogP contribution >= 0.6 is 11.3 Å². The molecule has 14 nitrogen and oxygen atoms in total. The van der Waals surface area contributed by atoms with Crippen molar-refractivity contribution in [3.05, 3.63) is 123 Å². The Balaban J connectivity index is 0.805. The summed E-state index contributed by atoms with van der Waals surface area (Å²) in [6.07, 6.45) is 6.66. The van der Waals surface area contributed by atoms with Crippen molar-refractivity contribution in [2.45, 2.75) is 90.4 Å². The maximum absolute atomic E-state index is 14.2. The maximum Gasteiger partial charge on any atom is 0.246 e. The number of aromatic nitrogens is 2. The number of nitrogens with one attached hydrogen (secondary N) is 2. The molecule has 1 aliphatic carbocycles. The predicted molar refractivity (Wildman–Crippen MR) is 260 cm³/mol. The van der Waals surface area contributed by atoms with E-state index in [1.807, 2.05) is 55.1 Å². The van der Waals surface area contributed by atoms with Crippen LogP contribution in [-0.2, 0) is 25.6 Å². The molecule has 7 rings (SSSR count). The zero-order valence-electron chi connectivity index (χ0n) is 39.4. The fraction of sp³-hybridized carbons (Fsp3) is 0.434. The van der Waals surface area contributed by atoms with Gasteiger partial charge in [-0.1, -0.05) is 55.7 Å². The normalized spacial score (nSPS) is 15.9. The molecule has 0 spiro atoms. The van der Waals surface area contributed by atoms with Crippen molar-refractivity contribution >= 4 is 28.9 Å². The summed E-state index contributed by atoms with van der Waals surface area (Å²) < 4.78 is 25.4. The van der Waals surface area contributed by atoms with Gasteiger partial charge < -0.3 is 39.0 Å². The first-order valence-electron chi connectivity index (χ1n) is 23.6. The molecule has 1 saturated carbocycles. The average molecular weight is 940 g/mol. The number of nitrogens with zero attached hydrogens (tertiary/aromatic N) is 5. The first kappa shape index (κ1) is 49.5. The fourth-order valence-corrected chi connectivity index (χ4v) is 10.0. The molecule has 2 fully saturated rings. The third-order valence-electron chi connectivity index (χ3n) is 13.0. The Morgan fingerprint density at radius 1 is 0.824 bits per heavy atom. The number of amides is 2. The number of rotatable bonds is 22.